The van der Waals surface area contributed by atoms with Gasteiger partial charge in [0.25, 0.3) is 0 Å². The smallest absolute Gasteiger partial charge is 0.201 e. The summed E-state index contributed by atoms with van der Waals surface area (Å²) in [5.41, 5.74) is -0.00972. The Morgan fingerprint density at radius 2 is 1.82 bits per heavy atom. The van der Waals surface area contributed by atoms with Crippen LogP contribution in [0.3, 0.4) is 0 Å². The quantitative estimate of drug-likeness (QED) is 0.559. The molecule has 0 atom stereocenters. The summed E-state index contributed by atoms with van der Waals surface area (Å²) >= 11 is 0. The van der Waals surface area contributed by atoms with Crippen molar-refractivity contribution in [3.8, 4) is 0 Å². The molecular weight excluding hydrogens is 138 g/mol. The molecule has 0 aliphatic heterocycles. The largest absolute Gasteiger partial charge is 0.218 e. The highest BCUT2D eigenvalue weighted by Crippen LogP contribution is 2.16. The lowest BCUT2D eigenvalue weighted by atomic mass is 9.96. The van der Waals surface area contributed by atoms with Crippen molar-refractivity contribution in [3.05, 3.63) is 18.0 Å². The molecule has 0 aliphatic rings. The summed E-state index contributed by atoms with van der Waals surface area (Å²) in [7, 11) is 0. The van der Waals surface area contributed by atoms with E-state index in [2.05, 4.69) is 42.1 Å². The second-order valence-electron chi connectivity index (χ2n) is 3.56. The van der Waals surface area contributed by atoms with Gasteiger partial charge in [0.1, 0.15) is 11.6 Å². The third-order valence-electron chi connectivity index (χ3n) is 1.31. The van der Waals surface area contributed by atoms with E-state index in [1.807, 2.05) is 6.92 Å². The van der Waals surface area contributed by atoms with Crippen LogP contribution in [0, 0.1) is 13.3 Å². The Bertz CT molecular complexity index is 250. The minimum absolute atomic E-state index is 0.00972. The molecule has 0 aliphatic carbocycles. The van der Waals surface area contributed by atoms with Gasteiger partial charge in [0.2, 0.25) is 6.33 Å². The second-order valence-corrected chi connectivity index (χ2v) is 3.56. The molecule has 0 unspecified atom stereocenters. The maximum Gasteiger partial charge on any atom is 0.201 e. The zero-order valence-corrected chi connectivity index (χ0v) is 7.34. The van der Waals surface area contributed by atoms with Crippen molar-refractivity contribution < 1.29 is 0 Å². The lowest BCUT2D eigenvalue weighted by Gasteiger charge is -2.15. The third-order valence-corrected chi connectivity index (χ3v) is 1.31. The molecule has 0 amide bonds. The molecule has 11 heavy (non-hydrogen) atoms. The highest BCUT2D eigenvalue weighted by molar-refractivity contribution is 5.00. The molecule has 1 heterocycles. The molecule has 59 valence electrons. The van der Waals surface area contributed by atoms with E-state index in [9.17, 15) is 0 Å². The Hall–Kier alpha value is -0.990. The zero-order chi connectivity index (χ0) is 8.48. The minimum Gasteiger partial charge on any atom is -0.218 e. The predicted molar refractivity (Wildman–Crippen MR) is 42.1 cm³/mol. The van der Waals surface area contributed by atoms with Crippen molar-refractivity contribution in [3.63, 3.8) is 0 Å². The molecule has 0 saturated carbocycles. The third kappa shape index (κ3) is 1.97. The molecule has 0 spiro atoms. The summed E-state index contributed by atoms with van der Waals surface area (Å²) in [6.07, 6.45) is 2.57. The van der Waals surface area contributed by atoms with E-state index in [1.165, 1.54) is 0 Å². The molecule has 0 aromatic carbocycles. The first-order chi connectivity index (χ1) is 5.00. The zero-order valence-electron chi connectivity index (χ0n) is 7.34. The van der Waals surface area contributed by atoms with E-state index in [0.29, 0.717) is 0 Å². The minimum atomic E-state index is -0.00972. The SMILES string of the molecule is Cc1n[c]nc(C(C)(C)C)n1. The summed E-state index contributed by atoms with van der Waals surface area (Å²) in [6.45, 7) is 8.04. The average Bonchev–Trinajstić information content (AvgIpc) is 1.86. The molecule has 1 aromatic rings. The first kappa shape index (κ1) is 8.11. The van der Waals surface area contributed by atoms with Crippen molar-refractivity contribution in [2.45, 2.75) is 33.1 Å². The van der Waals surface area contributed by atoms with E-state index in [1.54, 1.807) is 0 Å². The number of aromatic nitrogens is 3. The van der Waals surface area contributed by atoms with Gasteiger partial charge in [-0.05, 0) is 6.92 Å². The average molecular weight is 150 g/mol. The standard InChI is InChI=1S/C8H12N3/c1-6-9-5-10-7(11-6)8(2,3)4/h1-4H3. The normalized spacial score (nSPS) is 11.6. The van der Waals surface area contributed by atoms with Gasteiger partial charge in [0.05, 0.1) is 0 Å². The first-order valence-electron chi connectivity index (χ1n) is 3.59. The van der Waals surface area contributed by atoms with Gasteiger partial charge in [-0.3, -0.25) is 0 Å². The van der Waals surface area contributed by atoms with Crippen LogP contribution < -0.4 is 0 Å². The Kier molecular flexibility index (Phi) is 1.89. The van der Waals surface area contributed by atoms with Gasteiger partial charge in [-0.15, -0.1) is 0 Å². The molecule has 3 nitrogen and oxygen atoms in total. The van der Waals surface area contributed by atoms with Crippen molar-refractivity contribution in [2.24, 2.45) is 0 Å². The molecule has 3 heteroatoms. The topological polar surface area (TPSA) is 38.7 Å². The highest BCUT2D eigenvalue weighted by atomic mass is 15.0. The van der Waals surface area contributed by atoms with Crippen LogP contribution in [0.2, 0.25) is 0 Å². The van der Waals surface area contributed by atoms with E-state index < -0.39 is 0 Å². The molecule has 0 saturated heterocycles. The van der Waals surface area contributed by atoms with Gasteiger partial charge < -0.3 is 0 Å². The van der Waals surface area contributed by atoms with Crippen LogP contribution in [0.1, 0.15) is 32.4 Å². The van der Waals surface area contributed by atoms with Crippen LogP contribution in [0.15, 0.2) is 0 Å². The molecule has 1 rings (SSSR count). The number of aryl methyl sites for hydroxylation is 1. The monoisotopic (exact) mass is 150 g/mol. The van der Waals surface area contributed by atoms with Gasteiger partial charge in [0, 0.05) is 5.41 Å². The number of hydrogen-bond donors (Lipinski definition) is 0. The van der Waals surface area contributed by atoms with E-state index in [-0.39, 0.29) is 5.41 Å². The maximum atomic E-state index is 4.19. The Morgan fingerprint density at radius 3 is 2.18 bits per heavy atom. The molecule has 0 fully saturated rings. The lowest BCUT2D eigenvalue weighted by Crippen LogP contribution is -2.16. The summed E-state index contributed by atoms with van der Waals surface area (Å²) in [5.74, 6) is 1.52. The van der Waals surface area contributed by atoms with Crippen LogP contribution in [-0.4, -0.2) is 15.0 Å². The second kappa shape index (κ2) is 2.57. The molecular formula is C8H12N3. The van der Waals surface area contributed by atoms with Crippen molar-refractivity contribution >= 4 is 0 Å². The first-order valence-corrected chi connectivity index (χ1v) is 3.59. The molecule has 1 radical (unpaired) electrons. The lowest BCUT2D eigenvalue weighted by molar-refractivity contribution is 0.537. The van der Waals surface area contributed by atoms with Gasteiger partial charge in [-0.2, -0.15) is 0 Å². The number of nitrogens with zero attached hydrogens (tertiary/aromatic N) is 3. The fourth-order valence-electron chi connectivity index (χ4n) is 0.683. The molecule has 1 aromatic heterocycles. The van der Waals surface area contributed by atoms with Crippen LogP contribution in [0.5, 0.6) is 0 Å². The highest BCUT2D eigenvalue weighted by Gasteiger charge is 2.16. The van der Waals surface area contributed by atoms with Crippen molar-refractivity contribution in [2.75, 3.05) is 0 Å². The Balaban J connectivity index is 3.06. The van der Waals surface area contributed by atoms with Crippen molar-refractivity contribution in [1.29, 1.82) is 0 Å². The fraction of sp³-hybridized carbons (Fsp3) is 0.625. The Labute approximate surface area is 66.9 Å². The summed E-state index contributed by atoms with van der Waals surface area (Å²) < 4.78 is 0. The van der Waals surface area contributed by atoms with Crippen LogP contribution >= 0.6 is 0 Å². The summed E-state index contributed by atoms with van der Waals surface area (Å²) in [4.78, 5) is 12.0. The number of hydrogen-bond acceptors (Lipinski definition) is 3. The van der Waals surface area contributed by atoms with Crippen molar-refractivity contribution in [1.82, 2.24) is 15.0 Å². The van der Waals surface area contributed by atoms with E-state index >= 15 is 0 Å². The van der Waals surface area contributed by atoms with Crippen LogP contribution in [0.4, 0.5) is 0 Å². The van der Waals surface area contributed by atoms with E-state index in [0.717, 1.165) is 11.6 Å². The predicted octanol–water partition coefficient (Wildman–Crippen LogP) is 1.28. The van der Waals surface area contributed by atoms with Gasteiger partial charge >= 0.3 is 0 Å². The molecule has 0 bridgehead atoms. The fourth-order valence-corrected chi connectivity index (χ4v) is 0.683. The van der Waals surface area contributed by atoms with Gasteiger partial charge in [-0.1, -0.05) is 20.8 Å². The molecule has 0 N–H and O–H groups in total. The summed E-state index contributed by atoms with van der Waals surface area (Å²) in [5, 5.41) is 0. The Morgan fingerprint density at radius 1 is 1.18 bits per heavy atom. The maximum absolute atomic E-state index is 4.19. The van der Waals surface area contributed by atoms with E-state index in [4.69, 9.17) is 0 Å². The van der Waals surface area contributed by atoms with Crippen LogP contribution in [0.25, 0.3) is 0 Å². The van der Waals surface area contributed by atoms with Gasteiger partial charge in [0.15, 0.2) is 0 Å². The summed E-state index contributed by atoms with van der Waals surface area (Å²) in [6, 6.07) is 0. The van der Waals surface area contributed by atoms with Crippen LogP contribution in [-0.2, 0) is 5.41 Å². The number of rotatable bonds is 0. The van der Waals surface area contributed by atoms with Gasteiger partial charge in [-0.25, -0.2) is 15.0 Å².